The van der Waals surface area contributed by atoms with Crippen molar-refractivity contribution in [2.75, 3.05) is 13.7 Å². The average Bonchev–Trinajstić information content (AvgIpc) is 2.51. The zero-order chi connectivity index (χ0) is 16.7. The van der Waals surface area contributed by atoms with Gasteiger partial charge in [-0.3, -0.25) is 9.59 Å². The third-order valence-corrected chi connectivity index (χ3v) is 3.61. The Bertz CT molecular complexity index is 524. The number of carbonyl (C=O) groups is 2. The van der Waals surface area contributed by atoms with E-state index in [4.69, 9.17) is 14.6 Å². The number of carboxylic acids is 1. The highest BCUT2D eigenvalue weighted by atomic mass is 16.5. The molecule has 0 saturated carbocycles. The van der Waals surface area contributed by atoms with Crippen molar-refractivity contribution in [3.63, 3.8) is 0 Å². The van der Waals surface area contributed by atoms with Gasteiger partial charge in [0, 0.05) is 0 Å². The van der Waals surface area contributed by atoms with Crippen LogP contribution in [-0.2, 0) is 14.3 Å². The number of esters is 1. The molecule has 0 aliphatic heterocycles. The van der Waals surface area contributed by atoms with Gasteiger partial charge in [-0.2, -0.15) is 0 Å². The van der Waals surface area contributed by atoms with Gasteiger partial charge in [0.2, 0.25) is 0 Å². The van der Waals surface area contributed by atoms with Crippen LogP contribution in [0.4, 0.5) is 0 Å². The molecule has 1 N–H and O–H groups in total. The smallest absolute Gasteiger partial charge is 0.313 e. The molecule has 0 saturated heterocycles. The lowest BCUT2D eigenvalue weighted by molar-refractivity contribution is -0.144. The van der Waals surface area contributed by atoms with Gasteiger partial charge in [0.25, 0.3) is 0 Å². The first-order valence-electron chi connectivity index (χ1n) is 7.30. The van der Waals surface area contributed by atoms with Crippen LogP contribution < -0.4 is 4.74 Å². The van der Waals surface area contributed by atoms with E-state index < -0.39 is 11.9 Å². The number of rotatable bonds is 8. The number of hydrogen-bond donors (Lipinski definition) is 1. The number of methoxy groups -OCH3 is 1. The average molecular weight is 307 g/mol. The molecule has 0 aliphatic carbocycles. The molecule has 5 heteroatoms. The molecular weight excluding hydrogens is 284 g/mol. The van der Waals surface area contributed by atoms with Crippen LogP contribution in [0.5, 0.6) is 5.75 Å². The lowest BCUT2D eigenvalue weighted by atomic mass is 9.85. The van der Waals surface area contributed by atoms with E-state index in [0.29, 0.717) is 18.8 Å². The van der Waals surface area contributed by atoms with Crippen molar-refractivity contribution in [3.05, 3.63) is 36.2 Å². The summed E-state index contributed by atoms with van der Waals surface area (Å²) in [4.78, 5) is 23.1. The first-order valence-corrected chi connectivity index (χ1v) is 7.30. The van der Waals surface area contributed by atoms with E-state index >= 15 is 0 Å². The summed E-state index contributed by atoms with van der Waals surface area (Å²) in [5.74, 6) is -1.35. The molecule has 2 unspecified atom stereocenters. The minimum Gasteiger partial charge on any atom is -0.497 e. The highest BCUT2D eigenvalue weighted by Gasteiger charge is 2.24. The summed E-state index contributed by atoms with van der Waals surface area (Å²) in [6, 6.07) is 5.33. The maximum atomic E-state index is 12.0. The van der Waals surface area contributed by atoms with Gasteiger partial charge in [-0.1, -0.05) is 13.0 Å². The van der Waals surface area contributed by atoms with Crippen molar-refractivity contribution >= 4 is 11.9 Å². The van der Waals surface area contributed by atoms with Crippen LogP contribution in [0.3, 0.4) is 0 Å². The largest absolute Gasteiger partial charge is 0.497 e. The molecular formula is C17H23O5. The Morgan fingerprint density at radius 3 is 2.50 bits per heavy atom. The second kappa shape index (κ2) is 8.41. The summed E-state index contributed by atoms with van der Waals surface area (Å²) in [5.41, 5.74) is 1.53. The van der Waals surface area contributed by atoms with Crippen molar-refractivity contribution in [3.8, 4) is 5.75 Å². The van der Waals surface area contributed by atoms with Crippen LogP contribution in [0.25, 0.3) is 0 Å². The number of carboxylic acid groups (broad SMARTS) is 1. The molecule has 0 amide bonds. The lowest BCUT2D eigenvalue weighted by Gasteiger charge is -2.21. The van der Waals surface area contributed by atoms with Crippen LogP contribution >= 0.6 is 0 Å². The first kappa shape index (κ1) is 18.0. The normalized spacial score (nSPS) is 13.3. The van der Waals surface area contributed by atoms with E-state index in [1.165, 1.54) is 0 Å². The van der Waals surface area contributed by atoms with Crippen molar-refractivity contribution < 1.29 is 24.2 Å². The van der Waals surface area contributed by atoms with Gasteiger partial charge < -0.3 is 14.6 Å². The molecule has 121 valence electrons. The summed E-state index contributed by atoms with van der Waals surface area (Å²) in [5, 5.41) is 9.08. The minimum absolute atomic E-state index is 0.0424. The predicted octanol–water partition coefficient (Wildman–Crippen LogP) is 3.14. The Hall–Kier alpha value is -2.04. The van der Waals surface area contributed by atoms with Crippen LogP contribution in [0.1, 0.15) is 49.7 Å². The highest BCUT2D eigenvalue weighted by Crippen LogP contribution is 2.34. The summed E-state index contributed by atoms with van der Waals surface area (Å²) in [6.45, 7) is 7.65. The third-order valence-electron chi connectivity index (χ3n) is 3.61. The van der Waals surface area contributed by atoms with E-state index in [1.807, 2.05) is 0 Å². The van der Waals surface area contributed by atoms with Gasteiger partial charge in [0.05, 0.1) is 26.1 Å². The summed E-state index contributed by atoms with van der Waals surface area (Å²) >= 11 is 0. The molecule has 1 rings (SSSR count). The van der Waals surface area contributed by atoms with Gasteiger partial charge in [-0.05, 0) is 49.4 Å². The quantitative estimate of drug-likeness (QED) is 0.747. The van der Waals surface area contributed by atoms with Crippen LogP contribution in [0, 0.1) is 6.92 Å². The fourth-order valence-electron chi connectivity index (χ4n) is 2.40. The van der Waals surface area contributed by atoms with Crippen LogP contribution in [0.2, 0.25) is 0 Å². The van der Waals surface area contributed by atoms with Crippen molar-refractivity contribution in [1.29, 1.82) is 0 Å². The van der Waals surface area contributed by atoms with Crippen molar-refractivity contribution in [1.82, 2.24) is 0 Å². The Morgan fingerprint density at radius 2 is 2.00 bits per heavy atom. The molecule has 0 fully saturated rings. The standard InChI is InChI=1S/C17H23O5/c1-5-12(9-16(18)19)15-10-13(21-4)7-8-14(15)11(3)17(20)22-6-2/h7-8,10-12H,1,5-6,9H2,2-4H3,(H,18,19). The molecule has 5 nitrogen and oxygen atoms in total. The molecule has 0 aromatic heterocycles. The van der Waals surface area contributed by atoms with E-state index in [2.05, 4.69) is 6.92 Å². The molecule has 0 bridgehead atoms. The predicted molar refractivity (Wildman–Crippen MR) is 83.0 cm³/mol. The fourth-order valence-corrected chi connectivity index (χ4v) is 2.40. The SMILES string of the molecule is [CH2]CC(CC(=O)O)c1cc(OC)ccc1C(C)C(=O)OCC. The number of benzene rings is 1. The van der Waals surface area contributed by atoms with E-state index in [0.717, 1.165) is 11.1 Å². The zero-order valence-electron chi connectivity index (χ0n) is 13.3. The van der Waals surface area contributed by atoms with Gasteiger partial charge >= 0.3 is 11.9 Å². The van der Waals surface area contributed by atoms with Crippen molar-refractivity contribution in [2.24, 2.45) is 0 Å². The maximum Gasteiger partial charge on any atom is 0.313 e. The van der Waals surface area contributed by atoms with Gasteiger partial charge in [-0.25, -0.2) is 0 Å². The minimum atomic E-state index is -0.897. The maximum absolute atomic E-state index is 12.0. The summed E-state index contributed by atoms with van der Waals surface area (Å²) in [6.07, 6.45) is 0.376. The number of ether oxygens (including phenoxy) is 2. The Labute approximate surface area is 131 Å². The molecule has 2 atom stereocenters. The summed E-state index contributed by atoms with van der Waals surface area (Å²) < 4.78 is 10.3. The van der Waals surface area contributed by atoms with Gasteiger partial charge in [-0.15, -0.1) is 0 Å². The number of carbonyl (C=O) groups excluding carboxylic acids is 1. The van der Waals surface area contributed by atoms with Crippen LogP contribution in [0.15, 0.2) is 18.2 Å². The number of hydrogen-bond acceptors (Lipinski definition) is 4. The lowest BCUT2D eigenvalue weighted by Crippen LogP contribution is -2.17. The van der Waals surface area contributed by atoms with E-state index in [9.17, 15) is 9.59 Å². The molecule has 22 heavy (non-hydrogen) atoms. The molecule has 1 radical (unpaired) electrons. The molecule has 1 aromatic carbocycles. The van der Waals surface area contributed by atoms with Crippen LogP contribution in [-0.4, -0.2) is 30.8 Å². The van der Waals surface area contributed by atoms with E-state index in [-0.39, 0.29) is 18.3 Å². The monoisotopic (exact) mass is 307 g/mol. The molecule has 1 aromatic rings. The molecule has 0 aliphatic rings. The Morgan fingerprint density at radius 1 is 1.32 bits per heavy atom. The Kier molecular flexibility index (Phi) is 6.89. The molecule has 0 heterocycles. The Balaban J connectivity index is 3.25. The fraction of sp³-hybridized carbons (Fsp3) is 0.471. The first-order chi connectivity index (χ1) is 10.4. The van der Waals surface area contributed by atoms with E-state index in [1.54, 1.807) is 39.2 Å². The topological polar surface area (TPSA) is 72.8 Å². The van der Waals surface area contributed by atoms with Gasteiger partial charge in [0.15, 0.2) is 0 Å². The zero-order valence-corrected chi connectivity index (χ0v) is 13.3. The van der Waals surface area contributed by atoms with Crippen molar-refractivity contribution in [2.45, 2.75) is 38.5 Å². The third kappa shape index (κ3) is 4.48. The summed E-state index contributed by atoms with van der Waals surface area (Å²) in [7, 11) is 1.55. The number of aliphatic carboxylic acids is 1. The second-order valence-electron chi connectivity index (χ2n) is 5.05. The highest BCUT2D eigenvalue weighted by molar-refractivity contribution is 5.78. The second-order valence-corrected chi connectivity index (χ2v) is 5.05. The van der Waals surface area contributed by atoms with Gasteiger partial charge in [0.1, 0.15) is 5.75 Å². The molecule has 0 spiro atoms.